The van der Waals surface area contributed by atoms with Gasteiger partial charge in [-0.25, -0.2) is 0 Å². The normalized spacial score (nSPS) is 24.4. The lowest BCUT2D eigenvalue weighted by Gasteiger charge is -2.18. The second-order valence-electron chi connectivity index (χ2n) is 11.4. The lowest BCUT2D eigenvalue weighted by molar-refractivity contribution is 0.672. The highest BCUT2D eigenvalue weighted by Gasteiger charge is 2.18. The topological polar surface area (TPSA) is 13.1 Å². The lowest BCUT2D eigenvalue weighted by atomic mass is 9.85. The van der Waals surface area contributed by atoms with Gasteiger partial charge in [-0.15, -0.1) is 0 Å². The smallest absolute Gasteiger partial charge is 0.143 e. The molecule has 0 aliphatic heterocycles. The molecule has 11 rings (SSSR count). The Bertz CT molecular complexity index is 4860. The Morgan fingerprint density at radius 1 is 0.392 bits per heavy atom. The molecule has 10 aromatic rings. The minimum atomic E-state index is -2.04. The highest BCUT2D eigenvalue weighted by Crippen LogP contribution is 2.39. The van der Waals surface area contributed by atoms with Crippen molar-refractivity contribution < 1.29 is 45.5 Å². The van der Waals surface area contributed by atoms with Crippen molar-refractivity contribution in [1.29, 1.82) is 0 Å². The first-order chi connectivity index (χ1) is 37.8. The zero-order valence-corrected chi connectivity index (χ0v) is 25.6. The zero-order valence-electron chi connectivity index (χ0n) is 55.6. The van der Waals surface area contributed by atoms with Gasteiger partial charge in [0.05, 0.1) is 38.4 Å². The second kappa shape index (κ2) is 11.0. The third-order valence-corrected chi connectivity index (χ3v) is 8.60. The van der Waals surface area contributed by atoms with Crippen LogP contribution in [0.2, 0.25) is 0 Å². The van der Waals surface area contributed by atoms with Crippen LogP contribution in [0.5, 0.6) is 0 Å². The van der Waals surface area contributed by atoms with Crippen molar-refractivity contribution in [2.24, 2.45) is 0 Å². The second-order valence-corrected chi connectivity index (χ2v) is 11.4. The number of hydrogen-bond acceptors (Lipinski definition) is 1. The van der Waals surface area contributed by atoms with E-state index in [0.29, 0.717) is 0 Å². The van der Waals surface area contributed by atoms with Gasteiger partial charge in [-0.05, 0) is 118 Å². The molecule has 2 unspecified atom stereocenters. The molecule has 1 aromatic heterocycles. The van der Waals surface area contributed by atoms with Crippen LogP contribution < -0.4 is 10.4 Å². The van der Waals surface area contributed by atoms with Gasteiger partial charge in [-0.1, -0.05) is 145 Å². The fourth-order valence-corrected chi connectivity index (χ4v) is 6.36. The summed E-state index contributed by atoms with van der Waals surface area (Å²) in [4.78, 5) is 0. The van der Waals surface area contributed by atoms with Crippen LogP contribution in [0.1, 0.15) is 53.9 Å². The monoisotopic (exact) mass is 678 g/mol. The maximum Gasteiger partial charge on any atom is 0.143 e. The molecule has 0 saturated carbocycles. The number of rotatable bonds is 3. The summed E-state index contributed by atoms with van der Waals surface area (Å²) in [5.74, 6) is 0. The first kappa shape index (κ1) is 11.8. The molecule has 2 atom stereocenters. The van der Waals surface area contributed by atoms with Gasteiger partial charge < -0.3 is 4.42 Å². The lowest BCUT2D eigenvalue weighted by Crippen LogP contribution is -2.31. The SMILES string of the molecule is [2H]C1=c2c(-c3c([2H])c([2H])c(-c4c([2H])c([2H])c5c([2H])c([2H])c6c([2H])c([2H])c([2H])c([2H])c6c5c4[2H])c([2H])c3[2H])c3c([2H])c([2H])c([2H])c([2H])c3c(-c3c([2H])c([2H])c4oc5c6c([2H])c([2H])c([2H])c([2H])c6c([2H])c([2H])c5c4c3[2H])c2=C([2H])C([2H])C1[2H]. The van der Waals surface area contributed by atoms with Crippen molar-refractivity contribution in [3.63, 3.8) is 0 Å². The quantitative estimate of drug-likeness (QED) is 0.170. The third-order valence-electron chi connectivity index (χ3n) is 8.60. The van der Waals surface area contributed by atoms with Crippen molar-refractivity contribution in [3.05, 3.63) is 168 Å². The van der Waals surface area contributed by atoms with Gasteiger partial charge in [-0.3, -0.25) is 0 Å². The van der Waals surface area contributed by atoms with Crippen LogP contribution in [0, 0.1) is 0 Å². The van der Waals surface area contributed by atoms with Crippen LogP contribution in [-0.2, 0) is 0 Å². The highest BCUT2D eigenvalue weighted by atomic mass is 16.3. The van der Waals surface area contributed by atoms with E-state index < -0.39 is 291 Å². The molecule has 0 amide bonds. The molecule has 0 N–H and O–H groups in total. The third kappa shape index (κ3) is 4.35. The summed E-state index contributed by atoms with van der Waals surface area (Å²) in [5, 5.41) is -6.99. The number of benzene rings is 9. The number of hydrogen-bond donors (Lipinski definition) is 0. The van der Waals surface area contributed by atoms with Gasteiger partial charge in [-0.2, -0.15) is 0 Å². The predicted octanol–water partition coefficient (Wildman–Crippen LogP) is 12.6. The Balaban J connectivity index is 1.34. The number of furan rings is 1. The van der Waals surface area contributed by atoms with Crippen LogP contribution in [-0.4, -0.2) is 0 Å². The van der Waals surface area contributed by atoms with Crippen molar-refractivity contribution in [3.8, 4) is 33.4 Å². The molecule has 51 heavy (non-hydrogen) atoms. The van der Waals surface area contributed by atoms with Crippen molar-refractivity contribution in [2.75, 3.05) is 0 Å². The van der Waals surface area contributed by atoms with E-state index in [1.165, 1.54) is 0 Å². The van der Waals surface area contributed by atoms with Gasteiger partial charge in [0, 0.05) is 18.9 Å². The van der Waals surface area contributed by atoms with Crippen LogP contribution in [0.15, 0.2) is 162 Å². The molecule has 1 aliphatic rings. The Labute approximate surface area is 337 Å². The van der Waals surface area contributed by atoms with E-state index in [9.17, 15) is 16.4 Å². The summed E-state index contributed by atoms with van der Waals surface area (Å²) in [6.07, 6.45) is -4.06. The van der Waals surface area contributed by atoms with E-state index in [0.717, 1.165) is 0 Å². The van der Waals surface area contributed by atoms with E-state index in [1.54, 1.807) is 0 Å². The molecule has 0 bridgehead atoms. The molecule has 1 heteroatoms. The predicted molar refractivity (Wildman–Crippen MR) is 217 cm³/mol. The molecule has 0 saturated heterocycles. The van der Waals surface area contributed by atoms with E-state index in [2.05, 4.69) is 0 Å². The summed E-state index contributed by atoms with van der Waals surface area (Å²) >= 11 is 0. The molecule has 0 spiro atoms. The molecule has 9 aromatic carbocycles. The number of fused-ring (bicyclic) bond motifs is 10. The van der Waals surface area contributed by atoms with E-state index >= 15 is 0 Å². The molecule has 1 aliphatic carbocycles. The Kier molecular flexibility index (Phi) is 2.56. The van der Waals surface area contributed by atoms with Crippen molar-refractivity contribution in [1.82, 2.24) is 0 Å². The highest BCUT2D eigenvalue weighted by molar-refractivity contribution is 6.16. The minimum absolute atomic E-state index is 0.422. The maximum absolute atomic E-state index is 9.87. The Morgan fingerprint density at radius 2 is 0.902 bits per heavy atom. The summed E-state index contributed by atoms with van der Waals surface area (Å²) in [6, 6.07) is -25.1. The summed E-state index contributed by atoms with van der Waals surface area (Å²) in [5.41, 5.74) is -5.90. The average molecular weight is 679 g/mol. The Hall–Kier alpha value is -6.44. The standard InChI is InChI=1S/C50H32O/c1-3-11-38-32(9-1)19-20-34-21-24-36(29-45(34)38)31-17-22-35(23-18-31)48-40-13-5-7-15-42(40)49(43-16-8-6-14-41(43)48)37-26-28-47-46(30-37)44-27-25-33-10-2-4-12-39(33)50(44)51-47/h1-5,7,9-30H,6,8H2/i1D,2D,3D,4D,5D,6D,7D,8D,9D,10D,11D,12D,13D,14D,15D,16D,17D,18D,19D,20D,21D,22D,23D,24D,25D,26D,27D,28D,29D,30D. The van der Waals surface area contributed by atoms with Crippen LogP contribution in [0.4, 0.5) is 0 Å². The summed E-state index contributed by atoms with van der Waals surface area (Å²) < 4.78 is 278. The Morgan fingerprint density at radius 3 is 1.65 bits per heavy atom. The summed E-state index contributed by atoms with van der Waals surface area (Å²) in [7, 11) is 0. The van der Waals surface area contributed by atoms with Gasteiger partial charge >= 0.3 is 0 Å². The molecular formula is C50H32O. The van der Waals surface area contributed by atoms with Crippen LogP contribution >= 0.6 is 0 Å². The van der Waals surface area contributed by atoms with E-state index in [-0.39, 0.29) is 0 Å². The zero-order chi connectivity index (χ0) is 59.6. The molecule has 1 heterocycles. The fourth-order valence-electron chi connectivity index (χ4n) is 6.36. The fraction of sp³-hybridized carbons (Fsp3) is 0.0400. The van der Waals surface area contributed by atoms with Gasteiger partial charge in [0.2, 0.25) is 0 Å². The van der Waals surface area contributed by atoms with Gasteiger partial charge in [0.1, 0.15) is 11.2 Å². The first-order valence-electron chi connectivity index (χ1n) is 30.5. The summed E-state index contributed by atoms with van der Waals surface area (Å²) in [6.45, 7) is 0. The molecular weight excluding hydrogens is 617 g/mol. The average Bonchev–Trinajstić information content (AvgIpc) is 3.22. The van der Waals surface area contributed by atoms with Crippen LogP contribution in [0.3, 0.4) is 0 Å². The largest absolute Gasteiger partial charge is 0.455 e. The van der Waals surface area contributed by atoms with Gasteiger partial charge in [0.15, 0.2) is 0 Å². The van der Waals surface area contributed by atoms with Gasteiger partial charge in [0.25, 0.3) is 0 Å². The first-order valence-corrected chi connectivity index (χ1v) is 15.3. The van der Waals surface area contributed by atoms with Crippen molar-refractivity contribution >= 4 is 77.1 Å². The molecule has 238 valence electrons. The molecule has 1 nitrogen and oxygen atoms in total. The van der Waals surface area contributed by atoms with E-state index in [4.69, 9.17) is 29.1 Å². The molecule has 0 fully saturated rings. The molecule has 0 radical (unpaired) electrons. The maximum atomic E-state index is 9.87. The van der Waals surface area contributed by atoms with Crippen molar-refractivity contribution in [2.45, 2.75) is 12.8 Å². The van der Waals surface area contributed by atoms with E-state index in [1.807, 2.05) is 0 Å². The minimum Gasteiger partial charge on any atom is -0.455 e. The van der Waals surface area contributed by atoms with Crippen LogP contribution in [0.25, 0.3) is 111 Å².